The van der Waals surface area contributed by atoms with Crippen LogP contribution in [0, 0.1) is 20.8 Å². The molecule has 4 nitrogen and oxygen atoms in total. The fraction of sp³-hybridized carbons (Fsp3) is 0.222. The first-order valence-corrected chi connectivity index (χ1v) is 7.97. The number of carbonyl (C=O) groups excluding carboxylic acids is 2. The highest BCUT2D eigenvalue weighted by Gasteiger charge is 2.14. The molecule has 0 spiro atoms. The molecular formula is C18H18BrNO3. The molecule has 1 N–H and O–H groups in total. The Hall–Kier alpha value is -2.14. The van der Waals surface area contributed by atoms with Crippen molar-refractivity contribution in [2.45, 2.75) is 20.8 Å². The summed E-state index contributed by atoms with van der Waals surface area (Å²) in [5.41, 5.74) is 4.07. The Labute approximate surface area is 144 Å². The zero-order valence-electron chi connectivity index (χ0n) is 13.3. The summed E-state index contributed by atoms with van der Waals surface area (Å²) in [4.78, 5) is 24.0. The number of amides is 1. The number of rotatable bonds is 4. The van der Waals surface area contributed by atoms with Gasteiger partial charge in [0.05, 0.1) is 11.3 Å². The molecule has 0 saturated heterocycles. The van der Waals surface area contributed by atoms with E-state index >= 15 is 0 Å². The van der Waals surface area contributed by atoms with E-state index in [-0.39, 0.29) is 12.5 Å². The summed E-state index contributed by atoms with van der Waals surface area (Å²) in [5, 5.41) is 2.71. The van der Waals surface area contributed by atoms with Gasteiger partial charge in [-0.2, -0.15) is 0 Å². The summed E-state index contributed by atoms with van der Waals surface area (Å²) in [5.74, 6) is -0.877. The Balaban J connectivity index is 1.96. The molecule has 2 aromatic carbocycles. The molecule has 0 aliphatic heterocycles. The predicted molar refractivity (Wildman–Crippen MR) is 93.7 cm³/mol. The van der Waals surface area contributed by atoms with Crippen molar-refractivity contribution in [3.63, 3.8) is 0 Å². The number of carbonyl (C=O) groups is 2. The normalized spacial score (nSPS) is 10.3. The minimum atomic E-state index is -0.496. The van der Waals surface area contributed by atoms with E-state index in [4.69, 9.17) is 4.74 Å². The lowest BCUT2D eigenvalue weighted by atomic mass is 10.0. The minimum absolute atomic E-state index is 0.327. The van der Waals surface area contributed by atoms with Crippen LogP contribution < -0.4 is 5.32 Å². The SMILES string of the molecule is Cc1ccc(NC(=O)COC(=O)c2cccc(C)c2C)c(Br)c1. The Kier molecular flexibility index (Phi) is 5.55. The molecule has 5 heteroatoms. The topological polar surface area (TPSA) is 55.4 Å². The lowest BCUT2D eigenvalue weighted by Crippen LogP contribution is -2.21. The van der Waals surface area contributed by atoms with E-state index in [1.54, 1.807) is 18.2 Å². The molecule has 2 aromatic rings. The lowest BCUT2D eigenvalue weighted by molar-refractivity contribution is -0.119. The van der Waals surface area contributed by atoms with Gasteiger partial charge in [0.2, 0.25) is 0 Å². The predicted octanol–water partition coefficient (Wildman–Crippen LogP) is 4.17. The highest BCUT2D eigenvalue weighted by Crippen LogP contribution is 2.23. The molecule has 0 unspecified atom stereocenters. The molecule has 0 aromatic heterocycles. The standard InChI is InChI=1S/C18H18BrNO3/c1-11-7-8-16(15(19)9-11)20-17(21)10-23-18(22)14-6-4-5-12(2)13(14)3/h4-9H,10H2,1-3H3,(H,20,21). The van der Waals surface area contributed by atoms with Gasteiger partial charge in [0.15, 0.2) is 6.61 Å². The second kappa shape index (κ2) is 7.42. The molecule has 120 valence electrons. The average Bonchev–Trinajstić information content (AvgIpc) is 2.50. The zero-order valence-corrected chi connectivity index (χ0v) is 14.9. The van der Waals surface area contributed by atoms with Gasteiger partial charge in [0, 0.05) is 4.47 Å². The number of benzene rings is 2. The van der Waals surface area contributed by atoms with E-state index in [9.17, 15) is 9.59 Å². The van der Waals surface area contributed by atoms with Crippen LogP contribution in [0.15, 0.2) is 40.9 Å². The summed E-state index contributed by atoms with van der Waals surface area (Å²) in [6.45, 7) is 5.41. The molecule has 0 atom stereocenters. The van der Waals surface area contributed by atoms with Gasteiger partial charge in [-0.1, -0.05) is 18.2 Å². The highest BCUT2D eigenvalue weighted by atomic mass is 79.9. The van der Waals surface area contributed by atoms with Gasteiger partial charge in [-0.25, -0.2) is 4.79 Å². The maximum Gasteiger partial charge on any atom is 0.338 e. The van der Waals surface area contributed by atoms with E-state index < -0.39 is 5.97 Å². The molecule has 0 radical (unpaired) electrons. The van der Waals surface area contributed by atoms with Gasteiger partial charge in [-0.3, -0.25) is 4.79 Å². The maximum absolute atomic E-state index is 12.1. The summed E-state index contributed by atoms with van der Waals surface area (Å²) >= 11 is 3.39. The lowest BCUT2D eigenvalue weighted by Gasteiger charge is -2.10. The molecule has 1 amide bonds. The third-order valence-corrected chi connectivity index (χ3v) is 4.21. The Morgan fingerprint density at radius 2 is 1.87 bits per heavy atom. The maximum atomic E-state index is 12.1. The van der Waals surface area contributed by atoms with Crippen LogP contribution in [0.5, 0.6) is 0 Å². The Morgan fingerprint density at radius 3 is 2.57 bits per heavy atom. The van der Waals surface area contributed by atoms with Crippen molar-refractivity contribution < 1.29 is 14.3 Å². The van der Waals surface area contributed by atoms with Gasteiger partial charge in [0.1, 0.15) is 0 Å². The van der Waals surface area contributed by atoms with Crippen LogP contribution in [0.1, 0.15) is 27.0 Å². The first-order valence-electron chi connectivity index (χ1n) is 7.18. The number of esters is 1. The van der Waals surface area contributed by atoms with E-state index in [1.165, 1.54) is 0 Å². The number of hydrogen-bond acceptors (Lipinski definition) is 3. The Bertz CT molecular complexity index is 756. The van der Waals surface area contributed by atoms with Crippen molar-refractivity contribution >= 4 is 33.5 Å². The minimum Gasteiger partial charge on any atom is -0.452 e. The number of hydrogen-bond donors (Lipinski definition) is 1. The van der Waals surface area contributed by atoms with E-state index in [0.29, 0.717) is 11.3 Å². The monoisotopic (exact) mass is 375 g/mol. The molecule has 0 heterocycles. The van der Waals surface area contributed by atoms with E-state index in [0.717, 1.165) is 21.2 Å². The fourth-order valence-electron chi connectivity index (χ4n) is 2.09. The third kappa shape index (κ3) is 4.42. The van der Waals surface area contributed by atoms with Gasteiger partial charge < -0.3 is 10.1 Å². The van der Waals surface area contributed by atoms with Crippen LogP contribution in [0.4, 0.5) is 5.69 Å². The molecule has 0 saturated carbocycles. The van der Waals surface area contributed by atoms with Crippen LogP contribution in [0.3, 0.4) is 0 Å². The largest absolute Gasteiger partial charge is 0.452 e. The summed E-state index contributed by atoms with van der Waals surface area (Å²) in [6.07, 6.45) is 0. The van der Waals surface area contributed by atoms with Crippen LogP contribution in [-0.4, -0.2) is 18.5 Å². The van der Waals surface area contributed by atoms with Gasteiger partial charge in [-0.15, -0.1) is 0 Å². The van der Waals surface area contributed by atoms with Crippen molar-refractivity contribution in [3.05, 3.63) is 63.1 Å². The van der Waals surface area contributed by atoms with Crippen LogP contribution >= 0.6 is 15.9 Å². The smallest absolute Gasteiger partial charge is 0.338 e. The van der Waals surface area contributed by atoms with Crippen LogP contribution in [-0.2, 0) is 9.53 Å². The van der Waals surface area contributed by atoms with Crippen LogP contribution in [0.2, 0.25) is 0 Å². The molecule has 2 rings (SSSR count). The van der Waals surface area contributed by atoms with Crippen molar-refractivity contribution in [1.29, 1.82) is 0 Å². The first kappa shape index (κ1) is 17.2. The number of nitrogens with one attached hydrogen (secondary N) is 1. The molecular weight excluding hydrogens is 358 g/mol. The zero-order chi connectivity index (χ0) is 17.0. The molecule has 0 bridgehead atoms. The van der Waals surface area contributed by atoms with E-state index in [2.05, 4.69) is 21.2 Å². The second-order valence-corrected chi connectivity index (χ2v) is 6.21. The molecule has 23 heavy (non-hydrogen) atoms. The molecule has 0 aliphatic carbocycles. The number of aryl methyl sites for hydroxylation is 2. The quantitative estimate of drug-likeness (QED) is 0.815. The molecule has 0 aliphatic rings. The summed E-state index contributed by atoms with van der Waals surface area (Å²) in [7, 11) is 0. The van der Waals surface area contributed by atoms with E-state index in [1.807, 2.05) is 39.0 Å². The van der Waals surface area contributed by atoms with Crippen molar-refractivity contribution in [2.24, 2.45) is 0 Å². The fourth-order valence-corrected chi connectivity index (χ4v) is 2.68. The summed E-state index contributed by atoms with van der Waals surface area (Å²) < 4.78 is 5.88. The summed E-state index contributed by atoms with van der Waals surface area (Å²) in [6, 6.07) is 11.0. The third-order valence-electron chi connectivity index (χ3n) is 3.56. The van der Waals surface area contributed by atoms with Crippen molar-refractivity contribution in [3.8, 4) is 0 Å². The van der Waals surface area contributed by atoms with Gasteiger partial charge in [-0.05, 0) is 71.6 Å². The first-order chi connectivity index (χ1) is 10.9. The number of halogens is 1. The number of anilines is 1. The van der Waals surface area contributed by atoms with Gasteiger partial charge in [0.25, 0.3) is 5.91 Å². The van der Waals surface area contributed by atoms with Crippen molar-refractivity contribution in [1.82, 2.24) is 0 Å². The number of ether oxygens (including phenoxy) is 1. The van der Waals surface area contributed by atoms with Gasteiger partial charge >= 0.3 is 5.97 Å². The highest BCUT2D eigenvalue weighted by molar-refractivity contribution is 9.10. The molecule has 0 fully saturated rings. The van der Waals surface area contributed by atoms with Crippen LogP contribution in [0.25, 0.3) is 0 Å². The Morgan fingerprint density at radius 1 is 1.13 bits per heavy atom. The average molecular weight is 376 g/mol. The van der Waals surface area contributed by atoms with Crippen molar-refractivity contribution in [2.75, 3.05) is 11.9 Å². The second-order valence-electron chi connectivity index (χ2n) is 5.36.